The molecule has 0 saturated heterocycles. The summed E-state index contributed by atoms with van der Waals surface area (Å²) < 4.78 is 1.92. The molecule has 30 heavy (non-hydrogen) atoms. The van der Waals surface area contributed by atoms with E-state index in [0.717, 1.165) is 37.5 Å². The van der Waals surface area contributed by atoms with Gasteiger partial charge in [0.15, 0.2) is 5.78 Å². The summed E-state index contributed by atoms with van der Waals surface area (Å²) in [5.41, 5.74) is -0.720. The standard InChI is InChI=1S/C25H33ClN2O2/c1-24-8-6-19-18-7-9-25(30,10-11-26)14-17(18)2-3-20(19)21(24)4-5-22(24)23(29)15-28-13-12-27-16-28/h12-13,16-22,30H,2-9,14-15H2,1H3. The Kier molecular flexibility index (Phi) is 5.27. The van der Waals surface area contributed by atoms with Crippen molar-refractivity contribution in [2.75, 3.05) is 0 Å². The molecule has 5 rings (SSSR count). The Bertz CT molecular complexity index is 858. The Morgan fingerprint density at radius 2 is 2.00 bits per heavy atom. The van der Waals surface area contributed by atoms with Gasteiger partial charge < -0.3 is 9.67 Å². The first-order valence-corrected chi connectivity index (χ1v) is 12.1. The number of rotatable bonds is 3. The van der Waals surface area contributed by atoms with Crippen molar-refractivity contribution in [3.8, 4) is 11.3 Å². The minimum Gasteiger partial charge on any atom is -0.378 e. The van der Waals surface area contributed by atoms with Crippen LogP contribution in [-0.4, -0.2) is 26.0 Å². The largest absolute Gasteiger partial charge is 0.378 e. The molecule has 1 N–H and O–H groups in total. The molecule has 4 aliphatic rings. The molecule has 5 heteroatoms. The molecule has 4 fully saturated rings. The normalized spacial score (nSPS) is 44.9. The number of imidazole rings is 1. The van der Waals surface area contributed by atoms with E-state index in [9.17, 15) is 9.90 Å². The smallest absolute Gasteiger partial charge is 0.156 e. The molecule has 4 aliphatic carbocycles. The van der Waals surface area contributed by atoms with Crippen molar-refractivity contribution in [1.29, 1.82) is 0 Å². The monoisotopic (exact) mass is 428 g/mol. The van der Waals surface area contributed by atoms with Crippen molar-refractivity contribution in [2.24, 2.45) is 40.9 Å². The number of fused-ring (bicyclic) bond motifs is 5. The number of ketones is 1. The number of hydrogen-bond acceptors (Lipinski definition) is 3. The van der Waals surface area contributed by atoms with Crippen LogP contribution in [0.15, 0.2) is 18.7 Å². The summed E-state index contributed by atoms with van der Waals surface area (Å²) in [6, 6.07) is 0. The predicted molar refractivity (Wildman–Crippen MR) is 116 cm³/mol. The van der Waals surface area contributed by atoms with Crippen molar-refractivity contribution in [2.45, 2.75) is 76.9 Å². The van der Waals surface area contributed by atoms with Crippen LogP contribution in [0.5, 0.6) is 0 Å². The fraction of sp³-hybridized carbons (Fsp3) is 0.760. The van der Waals surface area contributed by atoms with Gasteiger partial charge in [-0.05, 0) is 104 Å². The fourth-order valence-corrected chi connectivity index (χ4v) is 8.46. The molecule has 8 atom stereocenters. The summed E-state index contributed by atoms with van der Waals surface area (Å²) in [5.74, 6) is 6.94. The number of hydrogen-bond donors (Lipinski definition) is 1. The lowest BCUT2D eigenvalue weighted by Gasteiger charge is -2.56. The van der Waals surface area contributed by atoms with E-state index < -0.39 is 5.60 Å². The van der Waals surface area contributed by atoms with E-state index in [0.29, 0.717) is 30.1 Å². The van der Waals surface area contributed by atoms with Crippen LogP contribution in [0.2, 0.25) is 0 Å². The van der Waals surface area contributed by atoms with Gasteiger partial charge in [0.25, 0.3) is 0 Å². The van der Waals surface area contributed by atoms with Crippen LogP contribution in [-0.2, 0) is 11.3 Å². The molecular weight excluding hydrogens is 396 g/mol. The van der Waals surface area contributed by atoms with Crippen LogP contribution in [0.4, 0.5) is 0 Å². The molecule has 1 heterocycles. The first kappa shape index (κ1) is 20.6. The lowest BCUT2D eigenvalue weighted by atomic mass is 9.49. The molecule has 0 bridgehead atoms. The van der Waals surface area contributed by atoms with E-state index in [-0.39, 0.29) is 11.3 Å². The lowest BCUT2D eigenvalue weighted by molar-refractivity contribution is -0.132. The maximum absolute atomic E-state index is 13.2. The van der Waals surface area contributed by atoms with E-state index in [2.05, 4.69) is 23.2 Å². The van der Waals surface area contributed by atoms with Gasteiger partial charge in [0.05, 0.1) is 12.9 Å². The van der Waals surface area contributed by atoms with Crippen molar-refractivity contribution >= 4 is 17.4 Å². The zero-order valence-corrected chi connectivity index (χ0v) is 18.7. The van der Waals surface area contributed by atoms with Crippen molar-refractivity contribution in [3.05, 3.63) is 18.7 Å². The Morgan fingerprint density at radius 3 is 2.77 bits per heavy atom. The summed E-state index contributed by atoms with van der Waals surface area (Å²) in [6.07, 6.45) is 15.1. The molecule has 1 aromatic heterocycles. The molecule has 0 aromatic carbocycles. The molecule has 0 spiro atoms. The Labute approximate surface area is 184 Å². The summed E-state index contributed by atoms with van der Waals surface area (Å²) in [5, 5.41) is 13.2. The third-order valence-electron chi connectivity index (χ3n) is 9.58. The average molecular weight is 429 g/mol. The van der Waals surface area contributed by atoms with E-state index in [1.165, 1.54) is 32.1 Å². The van der Waals surface area contributed by atoms with E-state index in [1.807, 2.05) is 10.8 Å². The molecule has 1 aromatic rings. The molecule has 0 aliphatic heterocycles. The van der Waals surface area contributed by atoms with Crippen LogP contribution in [0.3, 0.4) is 0 Å². The number of aromatic nitrogens is 2. The Morgan fingerprint density at radius 1 is 1.17 bits per heavy atom. The molecule has 8 unspecified atom stereocenters. The average Bonchev–Trinajstić information content (AvgIpc) is 3.34. The zero-order valence-electron chi connectivity index (χ0n) is 17.9. The maximum atomic E-state index is 13.2. The van der Waals surface area contributed by atoms with Crippen LogP contribution in [0, 0.1) is 52.2 Å². The number of carbonyl (C=O) groups excluding carboxylic acids is 1. The van der Waals surface area contributed by atoms with Crippen LogP contribution in [0.1, 0.15) is 64.7 Å². The van der Waals surface area contributed by atoms with Gasteiger partial charge >= 0.3 is 0 Å². The number of Topliss-reactive ketones (excluding diaryl/α,β-unsaturated/α-hetero) is 1. The zero-order chi connectivity index (χ0) is 20.9. The van der Waals surface area contributed by atoms with Crippen LogP contribution in [0.25, 0.3) is 0 Å². The van der Waals surface area contributed by atoms with Gasteiger partial charge in [-0.15, -0.1) is 0 Å². The molecule has 4 nitrogen and oxygen atoms in total. The molecule has 0 radical (unpaired) electrons. The van der Waals surface area contributed by atoms with Crippen molar-refractivity contribution in [1.82, 2.24) is 9.55 Å². The number of nitrogens with zero attached hydrogens (tertiary/aromatic N) is 2. The minimum absolute atomic E-state index is 0.158. The highest BCUT2D eigenvalue weighted by atomic mass is 35.5. The summed E-state index contributed by atoms with van der Waals surface area (Å²) >= 11 is 5.62. The summed E-state index contributed by atoms with van der Waals surface area (Å²) in [6.45, 7) is 2.88. The third kappa shape index (κ3) is 3.33. The highest BCUT2D eigenvalue weighted by molar-refractivity contribution is 6.30. The van der Waals surface area contributed by atoms with Crippen molar-refractivity contribution < 1.29 is 9.90 Å². The lowest BCUT2D eigenvalue weighted by Crippen LogP contribution is -2.51. The van der Waals surface area contributed by atoms with Gasteiger partial charge in [0, 0.05) is 23.7 Å². The van der Waals surface area contributed by atoms with E-state index in [1.54, 1.807) is 12.5 Å². The molecule has 4 saturated carbocycles. The van der Waals surface area contributed by atoms with E-state index >= 15 is 0 Å². The van der Waals surface area contributed by atoms with Gasteiger partial charge in [0.2, 0.25) is 0 Å². The predicted octanol–water partition coefficient (Wildman–Crippen LogP) is 4.65. The van der Waals surface area contributed by atoms with E-state index in [4.69, 9.17) is 11.6 Å². The molecule has 0 amide bonds. The highest BCUT2D eigenvalue weighted by Crippen LogP contribution is 2.64. The third-order valence-corrected chi connectivity index (χ3v) is 9.67. The molecule has 162 valence electrons. The second-order valence-electron chi connectivity index (χ2n) is 10.8. The van der Waals surface area contributed by atoms with Gasteiger partial charge in [-0.2, -0.15) is 0 Å². The first-order chi connectivity index (χ1) is 14.4. The first-order valence-electron chi connectivity index (χ1n) is 11.8. The number of halogens is 1. The Hall–Kier alpha value is -1.31. The van der Waals surface area contributed by atoms with Gasteiger partial charge in [-0.25, -0.2) is 4.98 Å². The maximum Gasteiger partial charge on any atom is 0.156 e. The summed E-state index contributed by atoms with van der Waals surface area (Å²) in [7, 11) is 0. The topological polar surface area (TPSA) is 55.1 Å². The minimum atomic E-state index is -0.878. The van der Waals surface area contributed by atoms with Gasteiger partial charge in [0.1, 0.15) is 5.60 Å². The Balaban J connectivity index is 1.31. The quantitative estimate of drug-likeness (QED) is 0.713. The van der Waals surface area contributed by atoms with Gasteiger partial charge in [-0.1, -0.05) is 12.8 Å². The molecular formula is C25H33ClN2O2. The SMILES string of the molecule is CC12CCC3C4CCC(O)(C#CCl)CC4CCC3C1CCC2C(=O)Cn1ccnc1. The number of carbonyl (C=O) groups is 1. The number of aliphatic hydroxyl groups is 1. The fourth-order valence-electron chi connectivity index (χ4n) is 8.28. The second-order valence-corrected chi connectivity index (χ2v) is 11.0. The van der Waals surface area contributed by atoms with Crippen molar-refractivity contribution in [3.63, 3.8) is 0 Å². The summed E-state index contributed by atoms with van der Waals surface area (Å²) in [4.78, 5) is 17.3. The highest BCUT2D eigenvalue weighted by Gasteiger charge is 2.58. The second kappa shape index (κ2) is 7.68. The van der Waals surface area contributed by atoms with Crippen LogP contribution >= 0.6 is 11.6 Å². The van der Waals surface area contributed by atoms with Crippen LogP contribution < -0.4 is 0 Å². The van der Waals surface area contributed by atoms with Gasteiger partial charge in [-0.3, -0.25) is 4.79 Å².